The summed E-state index contributed by atoms with van der Waals surface area (Å²) in [7, 11) is 0. The fourth-order valence-electron chi connectivity index (χ4n) is 1.74. The van der Waals surface area contributed by atoms with Gasteiger partial charge < -0.3 is 4.57 Å². The first-order chi connectivity index (χ1) is 8.00. The molecule has 0 amide bonds. The number of carbonyl (C=O) groups is 1. The van der Waals surface area contributed by atoms with Crippen LogP contribution < -0.4 is 0 Å². The third-order valence-electron chi connectivity index (χ3n) is 2.85. The molecule has 0 aliphatic heterocycles. The molecule has 0 radical (unpaired) electrons. The van der Waals surface area contributed by atoms with E-state index in [0.29, 0.717) is 11.3 Å². The van der Waals surface area contributed by atoms with Crippen molar-refractivity contribution in [3.8, 4) is 5.69 Å². The lowest BCUT2D eigenvalue weighted by Crippen LogP contribution is -2.04. The molecule has 0 bridgehead atoms. The van der Waals surface area contributed by atoms with Crippen LogP contribution in [-0.2, 0) is 0 Å². The third kappa shape index (κ3) is 1.98. The normalized spacial score (nSPS) is 10.6. The third-order valence-corrected chi connectivity index (χ3v) is 2.85. The molecule has 0 fully saturated rings. The summed E-state index contributed by atoms with van der Waals surface area (Å²) in [5.74, 6) is -0.571. The number of carbonyl (C=O) groups excluding carboxylic acids is 1. The molecular weight excluding hydrogens is 219 g/mol. The fraction of sp³-hybridized carbons (Fsp3) is 0.231. The summed E-state index contributed by atoms with van der Waals surface area (Å²) in [6, 6.07) is 4.20. The highest BCUT2D eigenvalue weighted by Gasteiger charge is 2.12. The molecule has 3 nitrogen and oxygen atoms in total. The largest absolute Gasteiger partial charge is 0.303 e. The molecular formula is C13H13FN2O. The number of ketones is 1. The minimum absolute atomic E-state index is 0.162. The summed E-state index contributed by atoms with van der Waals surface area (Å²) in [6.45, 7) is 5.23. The minimum Gasteiger partial charge on any atom is -0.303 e. The quantitative estimate of drug-likeness (QED) is 0.746. The highest BCUT2D eigenvalue weighted by Crippen LogP contribution is 2.19. The van der Waals surface area contributed by atoms with Crippen molar-refractivity contribution >= 4 is 5.78 Å². The van der Waals surface area contributed by atoms with Gasteiger partial charge >= 0.3 is 0 Å². The lowest BCUT2D eigenvalue weighted by atomic mass is 10.1. The van der Waals surface area contributed by atoms with Crippen LogP contribution in [0, 0.1) is 19.7 Å². The van der Waals surface area contributed by atoms with Crippen LogP contribution in [0.15, 0.2) is 24.5 Å². The zero-order valence-corrected chi connectivity index (χ0v) is 9.99. The molecule has 1 heterocycles. The summed E-state index contributed by atoms with van der Waals surface area (Å²) in [5.41, 5.74) is 2.87. The number of nitrogens with zero attached hydrogens (tertiary/aromatic N) is 2. The SMILES string of the molecule is CC(=O)c1cc(F)ccc1-n1cnc(C)c1C. The van der Waals surface area contributed by atoms with Gasteiger partial charge in [0.05, 0.1) is 17.7 Å². The lowest BCUT2D eigenvalue weighted by molar-refractivity contribution is 0.101. The molecule has 2 rings (SSSR count). The minimum atomic E-state index is -0.409. The molecule has 88 valence electrons. The van der Waals surface area contributed by atoms with E-state index in [0.717, 1.165) is 11.4 Å². The van der Waals surface area contributed by atoms with Crippen LogP contribution in [0.2, 0.25) is 0 Å². The molecule has 0 saturated carbocycles. The zero-order chi connectivity index (χ0) is 12.6. The van der Waals surface area contributed by atoms with Crippen molar-refractivity contribution in [3.05, 3.63) is 47.3 Å². The van der Waals surface area contributed by atoms with E-state index in [1.807, 2.05) is 13.8 Å². The second-order valence-electron chi connectivity index (χ2n) is 4.00. The Kier molecular flexibility index (Phi) is 2.79. The number of imidazole rings is 1. The van der Waals surface area contributed by atoms with E-state index in [1.54, 1.807) is 17.0 Å². The first-order valence-electron chi connectivity index (χ1n) is 5.32. The van der Waals surface area contributed by atoms with Crippen molar-refractivity contribution in [2.45, 2.75) is 20.8 Å². The second-order valence-corrected chi connectivity index (χ2v) is 4.00. The Labute approximate surface area is 98.9 Å². The van der Waals surface area contributed by atoms with Gasteiger partial charge in [0.25, 0.3) is 0 Å². The van der Waals surface area contributed by atoms with Gasteiger partial charge in [-0.2, -0.15) is 0 Å². The van der Waals surface area contributed by atoms with Crippen LogP contribution in [0.5, 0.6) is 0 Å². The van der Waals surface area contributed by atoms with E-state index in [-0.39, 0.29) is 5.78 Å². The van der Waals surface area contributed by atoms with E-state index in [2.05, 4.69) is 4.98 Å². The molecule has 0 N–H and O–H groups in total. The van der Waals surface area contributed by atoms with Crippen LogP contribution in [0.1, 0.15) is 28.7 Å². The molecule has 2 aromatic rings. The topological polar surface area (TPSA) is 34.9 Å². The van der Waals surface area contributed by atoms with Crippen LogP contribution in [0.4, 0.5) is 4.39 Å². The number of halogens is 1. The Morgan fingerprint density at radius 3 is 2.59 bits per heavy atom. The van der Waals surface area contributed by atoms with Gasteiger partial charge in [0.15, 0.2) is 5.78 Å². The first-order valence-corrected chi connectivity index (χ1v) is 5.32. The monoisotopic (exact) mass is 232 g/mol. The van der Waals surface area contributed by atoms with Gasteiger partial charge in [0.2, 0.25) is 0 Å². The van der Waals surface area contributed by atoms with Gasteiger partial charge in [-0.25, -0.2) is 9.37 Å². The van der Waals surface area contributed by atoms with Gasteiger partial charge in [-0.1, -0.05) is 0 Å². The smallest absolute Gasteiger partial charge is 0.162 e. The van der Waals surface area contributed by atoms with Crippen LogP contribution in [0.25, 0.3) is 5.69 Å². The first kappa shape index (κ1) is 11.5. The molecule has 0 aliphatic carbocycles. The van der Waals surface area contributed by atoms with E-state index in [4.69, 9.17) is 0 Å². The molecule has 1 aromatic carbocycles. The van der Waals surface area contributed by atoms with Gasteiger partial charge in [0, 0.05) is 11.3 Å². The number of hydrogen-bond acceptors (Lipinski definition) is 2. The lowest BCUT2D eigenvalue weighted by Gasteiger charge is -2.10. The Balaban J connectivity index is 2.67. The average molecular weight is 232 g/mol. The molecule has 0 saturated heterocycles. The van der Waals surface area contributed by atoms with Crippen LogP contribution in [-0.4, -0.2) is 15.3 Å². The Morgan fingerprint density at radius 1 is 1.35 bits per heavy atom. The van der Waals surface area contributed by atoms with Crippen molar-refractivity contribution in [1.29, 1.82) is 0 Å². The van der Waals surface area contributed by atoms with E-state index < -0.39 is 5.82 Å². The zero-order valence-electron chi connectivity index (χ0n) is 9.99. The number of aromatic nitrogens is 2. The van der Waals surface area contributed by atoms with Gasteiger partial charge in [0.1, 0.15) is 5.82 Å². The van der Waals surface area contributed by atoms with E-state index >= 15 is 0 Å². The fourth-order valence-corrected chi connectivity index (χ4v) is 1.74. The summed E-state index contributed by atoms with van der Waals surface area (Å²) in [5, 5.41) is 0. The molecule has 17 heavy (non-hydrogen) atoms. The highest BCUT2D eigenvalue weighted by molar-refractivity contribution is 5.97. The standard InChI is InChI=1S/C13H13FN2O/c1-8-9(2)16(7-15-8)13-5-4-11(14)6-12(13)10(3)17/h4-7H,1-3H3. The number of Topliss-reactive ketones (excluding diaryl/α,β-unsaturated/α-hetero) is 1. The van der Waals surface area contributed by atoms with Crippen molar-refractivity contribution in [2.24, 2.45) is 0 Å². The van der Waals surface area contributed by atoms with Gasteiger partial charge in [-0.15, -0.1) is 0 Å². The van der Waals surface area contributed by atoms with Crippen LogP contribution in [0.3, 0.4) is 0 Å². The van der Waals surface area contributed by atoms with Crippen LogP contribution >= 0.6 is 0 Å². The molecule has 0 unspecified atom stereocenters. The Bertz CT molecular complexity index is 587. The van der Waals surface area contributed by atoms with E-state index in [9.17, 15) is 9.18 Å². The molecule has 1 aromatic heterocycles. The maximum absolute atomic E-state index is 13.2. The second kappa shape index (κ2) is 4.13. The summed E-state index contributed by atoms with van der Waals surface area (Å²) in [6.07, 6.45) is 1.64. The maximum atomic E-state index is 13.2. The van der Waals surface area contributed by atoms with E-state index in [1.165, 1.54) is 19.1 Å². The summed E-state index contributed by atoms with van der Waals surface area (Å²) in [4.78, 5) is 15.7. The van der Waals surface area contributed by atoms with Crippen molar-refractivity contribution in [1.82, 2.24) is 9.55 Å². The molecule has 0 spiro atoms. The number of aryl methyl sites for hydroxylation is 1. The molecule has 0 atom stereocenters. The molecule has 4 heteroatoms. The van der Waals surface area contributed by atoms with Gasteiger partial charge in [-0.05, 0) is 39.0 Å². The Morgan fingerprint density at radius 2 is 2.06 bits per heavy atom. The maximum Gasteiger partial charge on any atom is 0.162 e. The summed E-state index contributed by atoms with van der Waals surface area (Å²) >= 11 is 0. The number of benzene rings is 1. The predicted molar refractivity (Wildman–Crippen MR) is 63.0 cm³/mol. The average Bonchev–Trinajstić information content (AvgIpc) is 2.60. The van der Waals surface area contributed by atoms with Crippen molar-refractivity contribution in [3.63, 3.8) is 0 Å². The highest BCUT2D eigenvalue weighted by atomic mass is 19.1. The van der Waals surface area contributed by atoms with Crippen molar-refractivity contribution < 1.29 is 9.18 Å². The number of hydrogen-bond donors (Lipinski definition) is 0. The van der Waals surface area contributed by atoms with Crippen molar-refractivity contribution in [2.75, 3.05) is 0 Å². The summed E-state index contributed by atoms with van der Waals surface area (Å²) < 4.78 is 14.9. The van der Waals surface area contributed by atoms with Gasteiger partial charge in [-0.3, -0.25) is 4.79 Å². The Hall–Kier alpha value is -1.97. The predicted octanol–water partition coefficient (Wildman–Crippen LogP) is 2.83. The molecule has 0 aliphatic rings. The number of rotatable bonds is 2.